The van der Waals surface area contributed by atoms with E-state index in [9.17, 15) is 9.59 Å². The van der Waals surface area contributed by atoms with E-state index in [0.717, 1.165) is 5.56 Å². The minimum atomic E-state index is -0.837. The lowest BCUT2D eigenvalue weighted by molar-refractivity contribution is -0.130. The van der Waals surface area contributed by atoms with Crippen LogP contribution in [-0.2, 0) is 9.59 Å². The standard InChI is InChI=1S/C32H37F2N7O2/c1-8-26(43)39-15-21(6)40(16-20(39)5)31(36-7)22-14-24(34)29(27-23(33)10-9-11-25(27)35)38-32(22)41(17-42)30-19(4)12-13-37-28(30)18(2)3/h8-14,17-18,20-21H,1,15-16,35H2,2-7H3. The SMILES string of the molecule is C=CC(=O)N1CC(C)N(C(=NC)c2cc(F)c(-c3c(N)cccc3F)nc2N(C=O)c2c(C)ccnc2C(C)C)CC1C. The summed E-state index contributed by atoms with van der Waals surface area (Å²) < 4.78 is 31.1. The number of carbonyl (C=O) groups is 2. The van der Waals surface area contributed by atoms with Crippen LogP contribution in [0, 0.1) is 18.6 Å². The molecule has 0 saturated carbocycles. The number of aliphatic imine (C=N–C) groups is 1. The highest BCUT2D eigenvalue weighted by molar-refractivity contribution is 6.07. The van der Waals surface area contributed by atoms with Gasteiger partial charge in [0.15, 0.2) is 11.6 Å². The summed E-state index contributed by atoms with van der Waals surface area (Å²) in [6.07, 6.45) is 3.53. The van der Waals surface area contributed by atoms with Crippen LogP contribution in [0.5, 0.6) is 0 Å². The molecule has 2 unspecified atom stereocenters. The lowest BCUT2D eigenvalue weighted by Crippen LogP contribution is -2.59. The van der Waals surface area contributed by atoms with Crippen LogP contribution in [-0.4, -0.2) is 70.1 Å². The van der Waals surface area contributed by atoms with Gasteiger partial charge in [-0.2, -0.15) is 0 Å². The van der Waals surface area contributed by atoms with E-state index in [1.807, 2.05) is 39.5 Å². The predicted molar refractivity (Wildman–Crippen MR) is 165 cm³/mol. The number of rotatable bonds is 7. The first-order valence-electron chi connectivity index (χ1n) is 14.1. The van der Waals surface area contributed by atoms with Crippen LogP contribution in [0.15, 0.2) is 54.2 Å². The number of piperazine rings is 1. The minimum absolute atomic E-state index is 0.00184. The molecule has 1 saturated heterocycles. The molecule has 0 aliphatic carbocycles. The molecule has 11 heteroatoms. The van der Waals surface area contributed by atoms with Gasteiger partial charge >= 0.3 is 0 Å². The third kappa shape index (κ3) is 5.84. The van der Waals surface area contributed by atoms with Gasteiger partial charge in [0.1, 0.15) is 17.3 Å². The summed E-state index contributed by atoms with van der Waals surface area (Å²) >= 11 is 0. The topological polar surface area (TPSA) is 108 Å². The first-order chi connectivity index (χ1) is 20.4. The van der Waals surface area contributed by atoms with E-state index < -0.39 is 11.6 Å². The van der Waals surface area contributed by atoms with Gasteiger partial charge in [-0.05, 0) is 62.6 Å². The summed E-state index contributed by atoms with van der Waals surface area (Å²) in [5.74, 6) is -1.45. The van der Waals surface area contributed by atoms with Gasteiger partial charge in [0, 0.05) is 44.1 Å². The van der Waals surface area contributed by atoms with Crippen molar-refractivity contribution in [2.45, 2.75) is 52.6 Å². The summed E-state index contributed by atoms with van der Waals surface area (Å²) in [5, 5.41) is 0. The van der Waals surface area contributed by atoms with Crippen LogP contribution in [0.4, 0.5) is 26.0 Å². The zero-order valence-corrected chi connectivity index (χ0v) is 25.3. The van der Waals surface area contributed by atoms with E-state index in [1.54, 1.807) is 24.2 Å². The van der Waals surface area contributed by atoms with Crippen molar-refractivity contribution in [1.82, 2.24) is 19.8 Å². The maximum atomic E-state index is 16.0. The van der Waals surface area contributed by atoms with Crippen LogP contribution in [0.2, 0.25) is 0 Å². The smallest absolute Gasteiger partial charge is 0.246 e. The van der Waals surface area contributed by atoms with Crippen LogP contribution >= 0.6 is 0 Å². The number of halogens is 2. The number of pyridine rings is 2. The first kappa shape index (κ1) is 31.3. The van der Waals surface area contributed by atoms with E-state index in [1.165, 1.54) is 35.2 Å². The Hall–Kier alpha value is -4.67. The molecule has 1 aliphatic rings. The monoisotopic (exact) mass is 589 g/mol. The lowest BCUT2D eigenvalue weighted by atomic mass is 10.0. The largest absolute Gasteiger partial charge is 0.398 e. The van der Waals surface area contributed by atoms with Crippen LogP contribution in [0.25, 0.3) is 11.3 Å². The number of nitrogens with zero attached hydrogens (tertiary/aromatic N) is 6. The quantitative estimate of drug-likeness (QED) is 0.133. The Morgan fingerprint density at radius 2 is 1.84 bits per heavy atom. The maximum Gasteiger partial charge on any atom is 0.246 e. The third-order valence-electron chi connectivity index (χ3n) is 7.68. The van der Waals surface area contributed by atoms with Crippen LogP contribution in [0.3, 0.4) is 0 Å². The number of hydrogen-bond acceptors (Lipinski definition) is 6. The minimum Gasteiger partial charge on any atom is -0.398 e. The number of benzene rings is 1. The number of aromatic nitrogens is 2. The summed E-state index contributed by atoms with van der Waals surface area (Å²) in [4.78, 5) is 44.1. The average Bonchev–Trinajstić information content (AvgIpc) is 2.97. The summed E-state index contributed by atoms with van der Waals surface area (Å²) in [7, 11) is 1.57. The van der Waals surface area contributed by atoms with Gasteiger partial charge in [-0.3, -0.25) is 24.5 Å². The Balaban J connectivity index is 1.99. The Labute approximate surface area is 250 Å². The van der Waals surface area contributed by atoms with Gasteiger partial charge in [0.2, 0.25) is 12.3 Å². The summed E-state index contributed by atoms with van der Waals surface area (Å²) in [5.41, 5.74) is 7.61. The predicted octanol–water partition coefficient (Wildman–Crippen LogP) is 5.21. The maximum absolute atomic E-state index is 16.0. The Bertz CT molecular complexity index is 1570. The Morgan fingerprint density at radius 3 is 2.44 bits per heavy atom. The van der Waals surface area contributed by atoms with Gasteiger partial charge in [0.25, 0.3) is 0 Å². The molecule has 1 aromatic carbocycles. The van der Waals surface area contributed by atoms with E-state index in [4.69, 9.17) is 5.73 Å². The third-order valence-corrected chi connectivity index (χ3v) is 7.68. The van der Waals surface area contributed by atoms with E-state index in [-0.39, 0.29) is 52.2 Å². The number of amides is 2. The number of hydrogen-bond donors (Lipinski definition) is 1. The van der Waals surface area contributed by atoms with Crippen molar-refractivity contribution in [3.05, 3.63) is 77.6 Å². The van der Waals surface area contributed by atoms with Crippen molar-refractivity contribution < 1.29 is 18.4 Å². The molecule has 2 N–H and O–H groups in total. The highest BCUT2D eigenvalue weighted by atomic mass is 19.1. The second-order valence-electron chi connectivity index (χ2n) is 11.0. The molecular weight excluding hydrogens is 552 g/mol. The van der Waals surface area contributed by atoms with Gasteiger partial charge in [-0.15, -0.1) is 0 Å². The fourth-order valence-electron chi connectivity index (χ4n) is 5.56. The van der Waals surface area contributed by atoms with E-state index in [0.29, 0.717) is 36.7 Å². The van der Waals surface area contributed by atoms with Crippen molar-refractivity contribution in [1.29, 1.82) is 0 Å². The molecule has 43 heavy (non-hydrogen) atoms. The molecule has 0 bridgehead atoms. The zero-order valence-electron chi connectivity index (χ0n) is 25.3. The number of anilines is 3. The van der Waals surface area contributed by atoms with E-state index in [2.05, 4.69) is 21.5 Å². The lowest BCUT2D eigenvalue weighted by Gasteiger charge is -2.45. The molecule has 0 spiro atoms. The van der Waals surface area contributed by atoms with Crippen molar-refractivity contribution in [2.75, 3.05) is 30.8 Å². The van der Waals surface area contributed by atoms with Gasteiger partial charge < -0.3 is 15.5 Å². The Kier molecular flexibility index (Phi) is 9.22. The normalized spacial score (nSPS) is 17.3. The van der Waals surface area contributed by atoms with Gasteiger partial charge in [-0.1, -0.05) is 26.5 Å². The van der Waals surface area contributed by atoms with Crippen LogP contribution < -0.4 is 10.6 Å². The molecule has 0 radical (unpaired) electrons. The van der Waals surface area contributed by atoms with Crippen LogP contribution in [0.1, 0.15) is 50.4 Å². The molecule has 2 atom stereocenters. The number of carbonyl (C=O) groups excluding carboxylic acids is 2. The molecule has 3 aromatic rings. The van der Waals surface area contributed by atoms with E-state index >= 15 is 8.78 Å². The second kappa shape index (κ2) is 12.7. The molecule has 2 aromatic heterocycles. The number of nitrogens with two attached hydrogens (primary N) is 1. The number of amidine groups is 1. The fourth-order valence-corrected chi connectivity index (χ4v) is 5.56. The molecule has 226 valence electrons. The summed E-state index contributed by atoms with van der Waals surface area (Å²) in [6.45, 7) is 13.9. The number of aryl methyl sites for hydroxylation is 1. The second-order valence-corrected chi connectivity index (χ2v) is 11.0. The fraction of sp³-hybridized carbons (Fsp3) is 0.344. The molecule has 4 rings (SSSR count). The molecule has 1 aliphatic heterocycles. The number of nitrogen functional groups attached to an aromatic ring is 1. The first-order valence-corrected chi connectivity index (χ1v) is 14.1. The average molecular weight is 590 g/mol. The van der Waals surface area contributed by atoms with Crippen molar-refractivity contribution in [3.63, 3.8) is 0 Å². The van der Waals surface area contributed by atoms with Crippen molar-refractivity contribution in [3.8, 4) is 11.3 Å². The highest BCUT2D eigenvalue weighted by Crippen LogP contribution is 2.38. The molecule has 3 heterocycles. The zero-order chi connectivity index (χ0) is 31.6. The molecule has 1 fully saturated rings. The molecular formula is C32H37F2N7O2. The van der Waals surface area contributed by atoms with Crippen molar-refractivity contribution in [2.24, 2.45) is 4.99 Å². The Morgan fingerprint density at radius 1 is 1.16 bits per heavy atom. The van der Waals surface area contributed by atoms with Gasteiger partial charge in [-0.25, -0.2) is 13.8 Å². The van der Waals surface area contributed by atoms with Gasteiger partial charge in [0.05, 0.1) is 22.5 Å². The highest BCUT2D eigenvalue weighted by Gasteiger charge is 2.36. The summed E-state index contributed by atoms with van der Waals surface area (Å²) in [6, 6.07) is 6.59. The molecule has 2 amide bonds. The van der Waals surface area contributed by atoms with Crippen molar-refractivity contribution >= 4 is 35.3 Å². The molecule has 9 nitrogen and oxygen atoms in total.